The number of rotatable bonds is 6. The van der Waals surface area contributed by atoms with Crippen LogP contribution in [0, 0.1) is 0 Å². The van der Waals surface area contributed by atoms with Gasteiger partial charge in [0.05, 0.1) is 17.0 Å². The lowest BCUT2D eigenvalue weighted by molar-refractivity contribution is 0.0937. The van der Waals surface area contributed by atoms with Gasteiger partial charge < -0.3 is 9.84 Å². The Morgan fingerprint density at radius 1 is 1.16 bits per heavy atom. The summed E-state index contributed by atoms with van der Waals surface area (Å²) in [6, 6.07) is 19.1. The Hall–Kier alpha value is -3.18. The van der Waals surface area contributed by atoms with E-state index in [0.29, 0.717) is 33.3 Å². The number of carbonyl (C=O) groups is 1. The summed E-state index contributed by atoms with van der Waals surface area (Å²) >= 11 is 6.03. The highest BCUT2D eigenvalue weighted by Gasteiger charge is 2.30. The molecule has 5 nitrogen and oxygen atoms in total. The van der Waals surface area contributed by atoms with Gasteiger partial charge in [-0.2, -0.15) is 0 Å². The van der Waals surface area contributed by atoms with Crippen LogP contribution in [0.15, 0.2) is 65.2 Å². The van der Waals surface area contributed by atoms with E-state index in [-0.39, 0.29) is 11.9 Å². The maximum Gasteiger partial charge on any atom is 0.259 e. The van der Waals surface area contributed by atoms with Gasteiger partial charge in [-0.05, 0) is 43.0 Å². The minimum atomic E-state index is -0.156. The summed E-state index contributed by atoms with van der Waals surface area (Å²) in [5.41, 5.74) is 4.40. The molecule has 1 N–H and O–H groups in total. The highest BCUT2D eigenvalue weighted by atomic mass is 35.5. The van der Waals surface area contributed by atoms with Crippen LogP contribution in [0.2, 0.25) is 5.02 Å². The molecule has 1 atom stereocenters. The Kier molecular flexibility index (Phi) is 5.20. The monoisotopic (exact) mass is 431 g/mol. The minimum Gasteiger partial charge on any atom is -0.345 e. The summed E-state index contributed by atoms with van der Waals surface area (Å²) in [6.45, 7) is 2.05. The number of halogens is 1. The molecule has 6 heteroatoms. The molecule has 1 aliphatic rings. The van der Waals surface area contributed by atoms with Crippen LogP contribution in [0.3, 0.4) is 0 Å². The molecule has 0 aliphatic heterocycles. The van der Waals surface area contributed by atoms with Gasteiger partial charge in [0, 0.05) is 22.2 Å². The first-order valence-electron chi connectivity index (χ1n) is 10.6. The summed E-state index contributed by atoms with van der Waals surface area (Å²) in [4.78, 5) is 18.2. The van der Waals surface area contributed by atoms with Crippen molar-refractivity contribution in [2.75, 3.05) is 0 Å². The van der Waals surface area contributed by atoms with E-state index in [1.54, 1.807) is 0 Å². The molecule has 1 aliphatic carbocycles. The lowest BCUT2D eigenvalue weighted by Crippen LogP contribution is -2.28. The number of benzene rings is 2. The maximum absolute atomic E-state index is 13.5. The Balaban J connectivity index is 1.57. The third kappa shape index (κ3) is 3.93. The molecule has 2 heterocycles. The second kappa shape index (κ2) is 8.16. The fourth-order valence-corrected chi connectivity index (χ4v) is 4.01. The number of hydrogen-bond acceptors (Lipinski definition) is 4. The summed E-state index contributed by atoms with van der Waals surface area (Å²) in [7, 11) is 0. The van der Waals surface area contributed by atoms with Gasteiger partial charge in [-0.25, -0.2) is 4.98 Å². The zero-order valence-electron chi connectivity index (χ0n) is 17.1. The minimum absolute atomic E-state index is 0.127. The normalized spacial score (nSPS) is 14.5. The van der Waals surface area contributed by atoms with Crippen molar-refractivity contribution in [2.45, 2.75) is 38.1 Å². The number of fused-ring (bicyclic) bond motifs is 1. The molecule has 31 heavy (non-hydrogen) atoms. The van der Waals surface area contributed by atoms with Gasteiger partial charge in [-0.15, -0.1) is 0 Å². The van der Waals surface area contributed by atoms with E-state index in [1.807, 2.05) is 67.6 Å². The smallest absolute Gasteiger partial charge is 0.259 e. The van der Waals surface area contributed by atoms with E-state index in [1.165, 1.54) is 0 Å². The lowest BCUT2D eigenvalue weighted by Gasteiger charge is -2.18. The molecule has 1 unspecified atom stereocenters. The van der Waals surface area contributed by atoms with E-state index in [4.69, 9.17) is 16.1 Å². The number of nitrogens with zero attached hydrogens (tertiary/aromatic N) is 2. The van der Waals surface area contributed by atoms with Crippen molar-refractivity contribution in [2.24, 2.45) is 0 Å². The van der Waals surface area contributed by atoms with Crippen molar-refractivity contribution >= 4 is 28.6 Å². The second-order valence-corrected chi connectivity index (χ2v) is 8.37. The van der Waals surface area contributed by atoms with E-state index in [9.17, 15) is 4.79 Å². The van der Waals surface area contributed by atoms with Gasteiger partial charge in [0.15, 0.2) is 0 Å². The Labute approximate surface area is 185 Å². The third-order valence-corrected chi connectivity index (χ3v) is 5.99. The quantitative estimate of drug-likeness (QED) is 0.389. The van der Waals surface area contributed by atoms with Crippen molar-refractivity contribution in [3.05, 3.63) is 82.5 Å². The second-order valence-electron chi connectivity index (χ2n) is 7.93. The first-order valence-corrected chi connectivity index (χ1v) is 10.9. The standard InChI is InChI=1S/C25H22ClN3O2/c1-2-20(15-10-12-18(26)13-11-15)27-24(30)19-14-21(16-8-9-16)28-25-22(19)23(29-31-25)17-6-4-3-5-7-17/h3-7,10-14,16,20H,2,8-9H2,1H3,(H,27,30). The molecule has 1 fully saturated rings. The van der Waals surface area contributed by atoms with Gasteiger partial charge >= 0.3 is 0 Å². The first-order chi connectivity index (χ1) is 15.1. The van der Waals surface area contributed by atoms with Crippen LogP contribution in [0.4, 0.5) is 0 Å². The molecule has 156 valence electrons. The third-order valence-electron chi connectivity index (χ3n) is 5.74. The highest BCUT2D eigenvalue weighted by Crippen LogP contribution is 2.41. The number of aromatic nitrogens is 2. The van der Waals surface area contributed by atoms with Crippen LogP contribution in [0.1, 0.15) is 59.8 Å². The molecule has 1 saturated carbocycles. The van der Waals surface area contributed by atoms with Crippen LogP contribution < -0.4 is 5.32 Å². The van der Waals surface area contributed by atoms with Gasteiger partial charge in [-0.1, -0.05) is 66.1 Å². The fraction of sp³-hybridized carbons (Fsp3) is 0.240. The van der Waals surface area contributed by atoms with Crippen molar-refractivity contribution < 1.29 is 9.32 Å². The van der Waals surface area contributed by atoms with E-state index >= 15 is 0 Å². The molecule has 0 spiro atoms. The number of nitrogens with one attached hydrogen (secondary N) is 1. The summed E-state index contributed by atoms with van der Waals surface area (Å²) < 4.78 is 5.59. The van der Waals surface area contributed by atoms with Gasteiger partial charge in [0.2, 0.25) is 0 Å². The first kappa shape index (κ1) is 19.8. The topological polar surface area (TPSA) is 68.0 Å². The molecule has 2 aromatic carbocycles. The fourth-order valence-electron chi connectivity index (χ4n) is 3.88. The molecule has 5 rings (SSSR count). The molecular formula is C25H22ClN3O2. The van der Waals surface area contributed by atoms with Crippen molar-refractivity contribution in [1.29, 1.82) is 0 Å². The number of pyridine rings is 1. The Morgan fingerprint density at radius 3 is 2.58 bits per heavy atom. The SMILES string of the molecule is CCC(NC(=O)c1cc(C2CC2)nc2onc(-c3ccccc3)c12)c1ccc(Cl)cc1. The largest absolute Gasteiger partial charge is 0.345 e. The molecule has 0 radical (unpaired) electrons. The number of hydrogen-bond donors (Lipinski definition) is 1. The summed E-state index contributed by atoms with van der Waals surface area (Å²) in [5, 5.41) is 8.78. The molecule has 2 aromatic heterocycles. The average molecular weight is 432 g/mol. The van der Waals surface area contributed by atoms with Crippen molar-refractivity contribution in [3.63, 3.8) is 0 Å². The Bertz CT molecular complexity index is 1230. The predicted molar refractivity (Wildman–Crippen MR) is 121 cm³/mol. The zero-order valence-corrected chi connectivity index (χ0v) is 17.9. The number of amides is 1. The Morgan fingerprint density at radius 2 is 1.90 bits per heavy atom. The molecule has 4 aromatic rings. The number of carbonyl (C=O) groups excluding carboxylic acids is 1. The van der Waals surface area contributed by atoms with Crippen LogP contribution in [0.25, 0.3) is 22.4 Å². The van der Waals surface area contributed by atoms with Crippen LogP contribution in [0.5, 0.6) is 0 Å². The van der Waals surface area contributed by atoms with Gasteiger partial charge in [0.1, 0.15) is 5.69 Å². The van der Waals surface area contributed by atoms with Gasteiger partial charge in [-0.3, -0.25) is 4.79 Å². The van der Waals surface area contributed by atoms with Crippen LogP contribution >= 0.6 is 11.6 Å². The average Bonchev–Trinajstić information content (AvgIpc) is 3.57. The van der Waals surface area contributed by atoms with Gasteiger partial charge in [0.25, 0.3) is 11.6 Å². The molecule has 1 amide bonds. The van der Waals surface area contributed by atoms with Crippen molar-refractivity contribution in [3.8, 4) is 11.3 Å². The van der Waals surface area contributed by atoms with E-state index in [2.05, 4.69) is 15.5 Å². The predicted octanol–water partition coefficient (Wildman–Crippen LogP) is 6.30. The summed E-state index contributed by atoms with van der Waals surface area (Å²) in [6.07, 6.45) is 2.93. The molecule has 0 bridgehead atoms. The van der Waals surface area contributed by atoms with Crippen LogP contribution in [-0.4, -0.2) is 16.0 Å². The van der Waals surface area contributed by atoms with E-state index < -0.39 is 0 Å². The summed E-state index contributed by atoms with van der Waals surface area (Å²) in [5.74, 6) is 0.232. The van der Waals surface area contributed by atoms with Crippen molar-refractivity contribution in [1.82, 2.24) is 15.5 Å². The zero-order chi connectivity index (χ0) is 21.4. The van der Waals surface area contributed by atoms with Crippen LogP contribution in [-0.2, 0) is 0 Å². The highest BCUT2D eigenvalue weighted by molar-refractivity contribution is 6.30. The van der Waals surface area contributed by atoms with E-state index in [0.717, 1.165) is 36.1 Å². The molecular weight excluding hydrogens is 410 g/mol. The maximum atomic E-state index is 13.5. The molecule has 0 saturated heterocycles. The lowest BCUT2D eigenvalue weighted by atomic mass is 10.0.